The van der Waals surface area contributed by atoms with E-state index in [0.717, 1.165) is 71.4 Å². The molecule has 0 radical (unpaired) electrons. The third-order valence-corrected chi connectivity index (χ3v) is 13.2. The van der Waals surface area contributed by atoms with E-state index in [4.69, 9.17) is 4.74 Å². The molecule has 1 N–H and O–H groups in total. The lowest BCUT2D eigenvalue weighted by Crippen LogP contribution is -2.70. The van der Waals surface area contributed by atoms with Crippen LogP contribution in [0.15, 0.2) is 52.6 Å². The molecule has 2 saturated heterocycles. The van der Waals surface area contributed by atoms with Gasteiger partial charge in [-0.1, -0.05) is 37.5 Å². The number of hydrogen-bond acceptors (Lipinski definition) is 6. The molecule has 244 valence electrons. The summed E-state index contributed by atoms with van der Waals surface area (Å²) < 4.78 is 36.1. The van der Waals surface area contributed by atoms with Crippen LogP contribution in [0.2, 0.25) is 0 Å². The van der Waals surface area contributed by atoms with Gasteiger partial charge in [0.2, 0.25) is 15.9 Å². The molecule has 6 aliphatic rings. The molecule has 4 heterocycles. The van der Waals surface area contributed by atoms with Gasteiger partial charge in [-0.25, -0.2) is 13.1 Å². The van der Waals surface area contributed by atoms with E-state index < -0.39 is 21.2 Å². The highest BCUT2D eigenvalue weighted by Crippen LogP contribution is 2.56. The highest BCUT2D eigenvalue weighted by molar-refractivity contribution is 7.90. The van der Waals surface area contributed by atoms with Gasteiger partial charge in [0.25, 0.3) is 5.91 Å². The van der Waals surface area contributed by atoms with Crippen molar-refractivity contribution in [1.82, 2.24) is 19.1 Å². The summed E-state index contributed by atoms with van der Waals surface area (Å²) in [6.45, 7) is 5.38. The van der Waals surface area contributed by atoms with Gasteiger partial charge in [-0.05, 0) is 86.9 Å². The van der Waals surface area contributed by atoms with Gasteiger partial charge in [0.1, 0.15) is 5.75 Å². The molecule has 2 aromatic rings. The van der Waals surface area contributed by atoms with Crippen LogP contribution in [0.5, 0.6) is 5.75 Å². The molecular formula is C36H44N4O5S. The average Bonchev–Trinajstić information content (AvgIpc) is 3.66. The Labute approximate surface area is 271 Å². The zero-order valence-electron chi connectivity index (χ0n) is 27.2. The molecule has 0 spiro atoms. The van der Waals surface area contributed by atoms with Crippen molar-refractivity contribution in [2.75, 3.05) is 27.2 Å². The number of fused-ring (bicyclic) bond motifs is 8. The Morgan fingerprint density at radius 1 is 1.07 bits per heavy atom. The summed E-state index contributed by atoms with van der Waals surface area (Å²) in [5.74, 6) is 0.294. The fourth-order valence-corrected chi connectivity index (χ4v) is 9.77. The number of likely N-dealkylation sites (N-methyl/N-ethyl adjacent to an activating group) is 1. The van der Waals surface area contributed by atoms with Crippen LogP contribution in [0.1, 0.15) is 81.9 Å². The monoisotopic (exact) mass is 644 g/mol. The van der Waals surface area contributed by atoms with E-state index in [1.165, 1.54) is 24.8 Å². The van der Waals surface area contributed by atoms with Crippen LogP contribution in [0.4, 0.5) is 0 Å². The van der Waals surface area contributed by atoms with Crippen molar-refractivity contribution in [3.8, 4) is 5.75 Å². The Balaban J connectivity index is 1.29. The molecule has 1 saturated carbocycles. The number of nitrogens with one attached hydrogen (secondary N) is 1. The summed E-state index contributed by atoms with van der Waals surface area (Å²) in [6.07, 6.45) is 11.8. The molecule has 8 rings (SSSR count). The highest BCUT2D eigenvalue weighted by Gasteiger charge is 2.52. The van der Waals surface area contributed by atoms with Crippen LogP contribution >= 0.6 is 0 Å². The number of nitrogens with zero attached hydrogens (tertiary/aromatic N) is 3. The Morgan fingerprint density at radius 2 is 1.80 bits per heavy atom. The number of rotatable bonds is 6. The zero-order chi connectivity index (χ0) is 32.1. The van der Waals surface area contributed by atoms with Crippen LogP contribution in [0, 0.1) is 5.92 Å². The molecule has 46 heavy (non-hydrogen) atoms. The van der Waals surface area contributed by atoms with Crippen LogP contribution < -0.4 is 9.46 Å². The Hall–Kier alpha value is -3.37. The zero-order valence-corrected chi connectivity index (χ0v) is 28.0. The number of piperazine rings is 1. The van der Waals surface area contributed by atoms with Crippen molar-refractivity contribution >= 4 is 32.7 Å². The van der Waals surface area contributed by atoms with E-state index >= 15 is 0 Å². The molecule has 9 nitrogen and oxygen atoms in total. The van der Waals surface area contributed by atoms with Crippen molar-refractivity contribution in [2.45, 2.75) is 94.5 Å². The number of likely N-dealkylation sites (tertiary alicyclic amines) is 2. The minimum atomic E-state index is -3.81. The first kappa shape index (κ1) is 30.0. The molecule has 3 fully saturated rings. The van der Waals surface area contributed by atoms with E-state index in [1.54, 1.807) is 21.0 Å². The van der Waals surface area contributed by atoms with Gasteiger partial charge in [0, 0.05) is 48.7 Å². The summed E-state index contributed by atoms with van der Waals surface area (Å²) in [5.41, 5.74) is 6.62. The number of allylic oxidation sites excluding steroid dienone is 4. The first-order chi connectivity index (χ1) is 22.1. The molecule has 3 aliphatic heterocycles. The smallest absolute Gasteiger partial charge is 0.265 e. The fourth-order valence-electron chi connectivity index (χ4n) is 9.18. The lowest BCUT2D eigenvalue weighted by atomic mass is 9.74. The summed E-state index contributed by atoms with van der Waals surface area (Å²) in [6, 6.07) is 7.02. The number of benzene rings is 1. The normalized spacial score (nSPS) is 27.6. The molecule has 1 aromatic heterocycles. The van der Waals surface area contributed by atoms with Crippen molar-refractivity contribution in [3.05, 3.63) is 63.9 Å². The molecule has 2 bridgehead atoms. The van der Waals surface area contributed by atoms with E-state index in [1.807, 2.05) is 0 Å². The first-order valence-corrected chi connectivity index (χ1v) is 18.5. The molecule has 2 amide bonds. The number of carbonyl (C=O) groups excluding carboxylic acids is 2. The van der Waals surface area contributed by atoms with Crippen LogP contribution in [-0.4, -0.2) is 79.2 Å². The molecule has 4 atom stereocenters. The standard InChI is InChI=1S/C36H44N4O5S/c1-20(2)46(43,44)37-35(41)33-28-19-39-29(16-27-30(45-4)14-13-24(34(27)39)21-9-6-5-7-10-21)31-25(32(28)33)11-8-12-26(31)36(42)40-22-15-23(40)18-38(3)17-22/h8,11,13-14,16,20-23,26,31H,5-7,9-10,12,15,17-19H2,1-4H3,(H,37,41)/t22?,23?,26-,31?/m1/s1. The van der Waals surface area contributed by atoms with Gasteiger partial charge in [-0.2, -0.15) is 0 Å². The van der Waals surface area contributed by atoms with Gasteiger partial charge >= 0.3 is 0 Å². The Kier molecular flexibility index (Phi) is 7.07. The number of ether oxygens (including phenoxy) is 1. The minimum absolute atomic E-state index is 0.190. The second kappa shape index (κ2) is 10.8. The third kappa shape index (κ3) is 4.53. The second-order valence-corrected chi connectivity index (χ2v) is 16.8. The number of hydrogen-bond donors (Lipinski definition) is 1. The minimum Gasteiger partial charge on any atom is -0.496 e. The number of piperidine rings is 1. The number of sulfonamides is 1. The topological polar surface area (TPSA) is 101 Å². The largest absolute Gasteiger partial charge is 0.496 e. The van der Waals surface area contributed by atoms with E-state index in [-0.39, 0.29) is 29.8 Å². The predicted molar refractivity (Wildman–Crippen MR) is 177 cm³/mol. The number of amides is 2. The van der Waals surface area contributed by atoms with Gasteiger partial charge in [0.05, 0.1) is 29.4 Å². The van der Waals surface area contributed by atoms with Crippen molar-refractivity contribution in [3.63, 3.8) is 0 Å². The maximum Gasteiger partial charge on any atom is 0.265 e. The number of carbonyl (C=O) groups is 2. The van der Waals surface area contributed by atoms with Crippen LogP contribution in [-0.2, 0) is 26.2 Å². The first-order valence-electron chi connectivity index (χ1n) is 17.0. The predicted octanol–water partition coefficient (Wildman–Crippen LogP) is 4.75. The molecule has 1 aromatic carbocycles. The summed E-state index contributed by atoms with van der Waals surface area (Å²) in [5, 5.41) is 0.314. The molecule has 3 unspecified atom stereocenters. The number of methoxy groups -OCH3 is 1. The average molecular weight is 645 g/mol. The molecular weight excluding hydrogens is 600 g/mol. The lowest BCUT2D eigenvalue weighted by molar-refractivity contribution is -0.158. The van der Waals surface area contributed by atoms with Gasteiger partial charge < -0.3 is 19.1 Å². The van der Waals surface area contributed by atoms with E-state index in [2.05, 4.69) is 56.5 Å². The van der Waals surface area contributed by atoms with Crippen molar-refractivity contribution in [1.29, 1.82) is 0 Å². The van der Waals surface area contributed by atoms with Crippen LogP contribution in [0.3, 0.4) is 0 Å². The van der Waals surface area contributed by atoms with Crippen molar-refractivity contribution in [2.24, 2.45) is 5.92 Å². The molecule has 10 heteroatoms. The Bertz CT molecular complexity index is 1850. The number of aromatic nitrogens is 1. The maximum absolute atomic E-state index is 14.6. The highest BCUT2D eigenvalue weighted by atomic mass is 32.2. The van der Waals surface area contributed by atoms with Crippen LogP contribution in [0.25, 0.3) is 10.9 Å². The van der Waals surface area contributed by atoms with E-state index in [9.17, 15) is 18.0 Å². The summed E-state index contributed by atoms with van der Waals surface area (Å²) >= 11 is 0. The van der Waals surface area contributed by atoms with E-state index in [0.29, 0.717) is 24.5 Å². The fraction of sp³-hybridized carbons (Fsp3) is 0.556. The lowest BCUT2D eigenvalue weighted by Gasteiger charge is -2.57. The van der Waals surface area contributed by atoms with Gasteiger partial charge in [-0.3, -0.25) is 9.59 Å². The SMILES string of the molecule is COc1ccc(C2CCCCC2)c2c1cc1n2CC2=C(C(=O)NS(=O)(=O)C(C)C)C2=C2C=CC[C@@H](C(=O)N3C4CC3CN(C)C4)C21. The summed E-state index contributed by atoms with van der Waals surface area (Å²) in [4.78, 5) is 32.7. The van der Waals surface area contributed by atoms with Gasteiger partial charge in [0.15, 0.2) is 0 Å². The van der Waals surface area contributed by atoms with Crippen molar-refractivity contribution < 1.29 is 22.7 Å². The van der Waals surface area contributed by atoms with Gasteiger partial charge in [-0.15, -0.1) is 0 Å². The summed E-state index contributed by atoms with van der Waals surface area (Å²) in [7, 11) is 0.0260. The quantitative estimate of drug-likeness (QED) is 0.488. The molecule has 3 aliphatic carbocycles. The second-order valence-electron chi connectivity index (χ2n) is 14.6. The Morgan fingerprint density at radius 3 is 2.50 bits per heavy atom. The maximum atomic E-state index is 14.6. The third-order valence-electron chi connectivity index (χ3n) is 11.5.